The Kier molecular flexibility index (Phi) is 6.51. The molecule has 0 spiro atoms. The van der Waals surface area contributed by atoms with Crippen LogP contribution in [0.4, 0.5) is 0 Å². The van der Waals surface area contributed by atoms with Gasteiger partial charge < -0.3 is 14.6 Å². The Labute approximate surface area is 186 Å². The molecule has 1 heterocycles. The van der Waals surface area contributed by atoms with Crippen LogP contribution in [0.1, 0.15) is 11.1 Å². The molecule has 0 atom stereocenters. The van der Waals surface area contributed by atoms with Crippen LogP contribution in [-0.4, -0.2) is 36.1 Å². The van der Waals surface area contributed by atoms with Gasteiger partial charge in [-0.2, -0.15) is 0 Å². The number of rotatable bonds is 8. The van der Waals surface area contributed by atoms with E-state index in [1.807, 2.05) is 72.8 Å². The Hall–Kier alpha value is -4.06. The van der Waals surface area contributed by atoms with Crippen molar-refractivity contribution >= 4 is 17.0 Å². The number of hydrogen-bond donors (Lipinski definition) is 1. The van der Waals surface area contributed by atoms with Crippen molar-refractivity contribution in [3.05, 3.63) is 100 Å². The van der Waals surface area contributed by atoms with Gasteiger partial charge in [0.2, 0.25) is 5.88 Å². The van der Waals surface area contributed by atoms with Crippen LogP contribution < -0.4 is 15.0 Å². The first kappa shape index (κ1) is 21.2. The first-order chi connectivity index (χ1) is 15.7. The van der Waals surface area contributed by atoms with E-state index in [1.54, 1.807) is 19.4 Å². The molecule has 3 aromatic carbocycles. The molecule has 0 aliphatic rings. The van der Waals surface area contributed by atoms with E-state index in [2.05, 4.69) is 4.99 Å². The fraction of sp³-hybridized carbons (Fsp3) is 0.154. The number of aromatic nitrogens is 1. The molecule has 0 aliphatic heterocycles. The normalized spacial score (nSPS) is 11.2. The molecule has 0 amide bonds. The maximum atomic E-state index is 13.1. The van der Waals surface area contributed by atoms with E-state index >= 15 is 0 Å². The zero-order valence-corrected chi connectivity index (χ0v) is 17.8. The van der Waals surface area contributed by atoms with Crippen LogP contribution in [0.2, 0.25) is 0 Å². The summed E-state index contributed by atoms with van der Waals surface area (Å²) in [7, 11) is 1.60. The number of methoxy groups -OCH3 is 1. The molecule has 0 saturated carbocycles. The molecule has 32 heavy (non-hydrogen) atoms. The quantitative estimate of drug-likeness (QED) is 0.336. The van der Waals surface area contributed by atoms with Gasteiger partial charge in [-0.05, 0) is 35.9 Å². The summed E-state index contributed by atoms with van der Waals surface area (Å²) in [5, 5.41) is 12.2. The Bertz CT molecular complexity index is 1280. The lowest BCUT2D eigenvalue weighted by Crippen LogP contribution is -2.22. The molecule has 0 bridgehead atoms. The van der Waals surface area contributed by atoms with Gasteiger partial charge in [-0.3, -0.25) is 14.4 Å². The highest BCUT2D eigenvalue weighted by Gasteiger charge is 2.15. The van der Waals surface area contributed by atoms with Gasteiger partial charge in [0.25, 0.3) is 5.56 Å². The molecule has 6 heteroatoms. The van der Waals surface area contributed by atoms with E-state index in [4.69, 9.17) is 9.47 Å². The lowest BCUT2D eigenvalue weighted by atomic mass is 10.1. The fourth-order valence-electron chi connectivity index (χ4n) is 3.49. The van der Waals surface area contributed by atoms with Crippen LogP contribution in [-0.2, 0) is 6.54 Å². The summed E-state index contributed by atoms with van der Waals surface area (Å²) >= 11 is 0. The molecule has 1 N–H and O–H groups in total. The van der Waals surface area contributed by atoms with Gasteiger partial charge in [0.15, 0.2) is 0 Å². The van der Waals surface area contributed by atoms with Gasteiger partial charge in [-0.25, -0.2) is 0 Å². The number of nitrogens with zero attached hydrogens (tertiary/aromatic N) is 2. The number of benzene rings is 3. The van der Waals surface area contributed by atoms with Gasteiger partial charge in [0.05, 0.1) is 25.8 Å². The van der Waals surface area contributed by atoms with Crippen molar-refractivity contribution in [3.8, 4) is 17.4 Å². The number of aliphatic imine (C=N–C) groups is 1. The second kappa shape index (κ2) is 9.83. The van der Waals surface area contributed by atoms with Gasteiger partial charge in [0.1, 0.15) is 18.1 Å². The summed E-state index contributed by atoms with van der Waals surface area (Å²) in [5.74, 6) is 1.40. The SMILES string of the molecule is COc1ccc(Cn2c(O)c(C=NCCOc3ccccc3)c3ccccc3c2=O)cc1. The smallest absolute Gasteiger partial charge is 0.261 e. The summed E-state index contributed by atoms with van der Waals surface area (Å²) in [6.07, 6.45) is 1.61. The van der Waals surface area contributed by atoms with Gasteiger partial charge in [-0.15, -0.1) is 0 Å². The number of aromatic hydroxyl groups is 1. The average Bonchev–Trinajstić information content (AvgIpc) is 2.84. The van der Waals surface area contributed by atoms with Crippen molar-refractivity contribution in [1.82, 2.24) is 4.57 Å². The van der Waals surface area contributed by atoms with Crippen LogP contribution in [0.25, 0.3) is 10.8 Å². The summed E-state index contributed by atoms with van der Waals surface area (Å²) in [6, 6.07) is 24.1. The summed E-state index contributed by atoms with van der Waals surface area (Å²) in [5.41, 5.74) is 1.13. The van der Waals surface area contributed by atoms with Crippen molar-refractivity contribution in [2.45, 2.75) is 6.54 Å². The molecular weight excluding hydrogens is 404 g/mol. The predicted molar refractivity (Wildman–Crippen MR) is 126 cm³/mol. The topological polar surface area (TPSA) is 73.1 Å². The fourth-order valence-corrected chi connectivity index (χ4v) is 3.49. The third-order valence-electron chi connectivity index (χ3n) is 5.14. The molecule has 0 fully saturated rings. The molecule has 4 rings (SSSR count). The third-order valence-corrected chi connectivity index (χ3v) is 5.14. The highest BCUT2D eigenvalue weighted by molar-refractivity contribution is 6.01. The first-order valence-corrected chi connectivity index (χ1v) is 10.3. The summed E-state index contributed by atoms with van der Waals surface area (Å²) in [6.45, 7) is 1.06. The predicted octanol–water partition coefficient (Wildman–Crippen LogP) is 4.26. The first-order valence-electron chi connectivity index (χ1n) is 10.3. The van der Waals surface area contributed by atoms with E-state index in [9.17, 15) is 9.90 Å². The second-order valence-electron chi connectivity index (χ2n) is 7.22. The maximum absolute atomic E-state index is 13.1. The Balaban J connectivity index is 1.61. The van der Waals surface area contributed by atoms with Crippen LogP contribution >= 0.6 is 0 Å². The van der Waals surface area contributed by atoms with Crippen molar-refractivity contribution in [2.75, 3.05) is 20.3 Å². The molecule has 1 aromatic heterocycles. The summed E-state index contributed by atoms with van der Waals surface area (Å²) < 4.78 is 12.2. The maximum Gasteiger partial charge on any atom is 0.261 e. The highest BCUT2D eigenvalue weighted by Crippen LogP contribution is 2.24. The van der Waals surface area contributed by atoms with Crippen LogP contribution in [0.3, 0.4) is 0 Å². The number of fused-ring (bicyclic) bond motifs is 1. The van der Waals surface area contributed by atoms with Crippen molar-refractivity contribution in [2.24, 2.45) is 4.99 Å². The van der Waals surface area contributed by atoms with Crippen LogP contribution in [0, 0.1) is 0 Å². The standard InChI is InChI=1S/C26H24N2O4/c1-31-20-13-11-19(12-14-20)18-28-25(29)23-10-6-5-9-22(23)24(26(28)30)17-27-15-16-32-21-7-3-2-4-8-21/h2-14,17,30H,15-16,18H2,1H3. The van der Waals surface area contributed by atoms with Gasteiger partial charge in [-0.1, -0.05) is 48.5 Å². The van der Waals surface area contributed by atoms with E-state index in [1.165, 1.54) is 4.57 Å². The zero-order valence-electron chi connectivity index (χ0n) is 17.8. The molecule has 0 saturated heterocycles. The molecule has 4 aromatic rings. The largest absolute Gasteiger partial charge is 0.497 e. The summed E-state index contributed by atoms with van der Waals surface area (Å²) in [4.78, 5) is 17.5. The molecule has 0 unspecified atom stereocenters. The van der Waals surface area contributed by atoms with E-state index in [-0.39, 0.29) is 18.0 Å². The third kappa shape index (κ3) is 4.64. The van der Waals surface area contributed by atoms with E-state index < -0.39 is 0 Å². The monoisotopic (exact) mass is 428 g/mol. The molecule has 162 valence electrons. The molecule has 0 aliphatic carbocycles. The minimum atomic E-state index is -0.251. The van der Waals surface area contributed by atoms with E-state index in [0.717, 1.165) is 17.1 Å². The van der Waals surface area contributed by atoms with Crippen LogP contribution in [0.15, 0.2) is 88.6 Å². The zero-order chi connectivity index (χ0) is 22.3. The number of hydrogen-bond acceptors (Lipinski definition) is 5. The number of para-hydroxylation sites is 1. The van der Waals surface area contributed by atoms with Crippen molar-refractivity contribution in [3.63, 3.8) is 0 Å². The minimum Gasteiger partial charge on any atom is -0.497 e. The molecular formula is C26H24N2O4. The number of ether oxygens (including phenoxy) is 2. The van der Waals surface area contributed by atoms with Crippen molar-refractivity contribution < 1.29 is 14.6 Å². The Morgan fingerprint density at radius 2 is 1.59 bits per heavy atom. The van der Waals surface area contributed by atoms with Gasteiger partial charge >= 0.3 is 0 Å². The second-order valence-corrected chi connectivity index (χ2v) is 7.22. The molecule has 6 nitrogen and oxygen atoms in total. The van der Waals surface area contributed by atoms with Crippen molar-refractivity contribution in [1.29, 1.82) is 0 Å². The lowest BCUT2D eigenvalue weighted by molar-refractivity contribution is 0.329. The minimum absolute atomic E-state index is 0.114. The number of pyridine rings is 1. The Morgan fingerprint density at radius 1 is 0.906 bits per heavy atom. The van der Waals surface area contributed by atoms with Crippen LogP contribution in [0.5, 0.6) is 17.4 Å². The van der Waals surface area contributed by atoms with Gasteiger partial charge in [0, 0.05) is 17.0 Å². The van der Waals surface area contributed by atoms with E-state index in [0.29, 0.717) is 29.5 Å². The highest BCUT2D eigenvalue weighted by atomic mass is 16.5. The Morgan fingerprint density at radius 3 is 2.31 bits per heavy atom. The average molecular weight is 428 g/mol. The lowest BCUT2D eigenvalue weighted by Gasteiger charge is -2.14. The molecule has 0 radical (unpaired) electrons.